The molecule has 0 bridgehead atoms. The number of aromatic nitrogens is 3. The molecular formula is C24H15ClN4O3. The van der Waals surface area contributed by atoms with Crippen LogP contribution in [0.4, 0.5) is 0 Å². The molecule has 0 atom stereocenters. The summed E-state index contributed by atoms with van der Waals surface area (Å²) in [4.78, 5) is 40.7. The minimum absolute atomic E-state index is 0.132. The van der Waals surface area contributed by atoms with Gasteiger partial charge in [-0.1, -0.05) is 60.1 Å². The van der Waals surface area contributed by atoms with Crippen LogP contribution in [-0.4, -0.2) is 37.5 Å². The number of benzene rings is 3. The number of amides is 2. The molecule has 0 saturated carbocycles. The predicted octanol–water partition coefficient (Wildman–Crippen LogP) is 4.08. The molecule has 156 valence electrons. The summed E-state index contributed by atoms with van der Waals surface area (Å²) < 4.78 is 0. The van der Waals surface area contributed by atoms with Crippen molar-refractivity contribution in [2.24, 2.45) is 0 Å². The lowest BCUT2D eigenvalue weighted by Gasteiger charge is -2.12. The summed E-state index contributed by atoms with van der Waals surface area (Å²) in [5, 5.41) is 8.97. The second-order valence-corrected chi connectivity index (χ2v) is 7.59. The van der Waals surface area contributed by atoms with Gasteiger partial charge in [0.15, 0.2) is 5.78 Å². The highest BCUT2D eigenvalue weighted by Crippen LogP contribution is 2.27. The minimum atomic E-state index is -0.390. The summed E-state index contributed by atoms with van der Waals surface area (Å²) in [7, 11) is 0. The van der Waals surface area contributed by atoms with Crippen LogP contribution < -0.4 is 0 Å². The molecule has 0 aliphatic carbocycles. The quantitative estimate of drug-likeness (QED) is 0.343. The third-order valence-electron chi connectivity index (χ3n) is 5.25. The minimum Gasteiger partial charge on any atom is -0.289 e. The van der Waals surface area contributed by atoms with E-state index in [9.17, 15) is 14.4 Å². The second-order valence-electron chi connectivity index (χ2n) is 7.18. The lowest BCUT2D eigenvalue weighted by molar-refractivity contribution is 0.0587. The zero-order valence-corrected chi connectivity index (χ0v) is 17.4. The number of halogens is 1. The summed E-state index contributed by atoms with van der Waals surface area (Å²) in [6, 6.07) is 20.5. The highest BCUT2D eigenvalue weighted by Gasteiger charge is 2.35. The molecule has 0 N–H and O–H groups in total. The summed E-state index contributed by atoms with van der Waals surface area (Å²) in [6.07, 6.45) is 1.50. The molecule has 2 heterocycles. The number of ketones is 1. The molecule has 1 aliphatic rings. The molecule has 8 heteroatoms. The van der Waals surface area contributed by atoms with Gasteiger partial charge in [0.05, 0.1) is 22.3 Å². The Morgan fingerprint density at radius 1 is 0.781 bits per heavy atom. The zero-order chi connectivity index (χ0) is 22.2. The van der Waals surface area contributed by atoms with E-state index in [4.69, 9.17) is 11.6 Å². The lowest BCUT2D eigenvalue weighted by atomic mass is 9.97. The molecule has 0 fully saturated rings. The molecule has 5 rings (SSSR count). The van der Waals surface area contributed by atoms with E-state index < -0.39 is 11.8 Å². The van der Waals surface area contributed by atoms with E-state index in [1.807, 2.05) is 0 Å². The lowest BCUT2D eigenvalue weighted by Crippen LogP contribution is -2.32. The zero-order valence-electron chi connectivity index (χ0n) is 16.6. The summed E-state index contributed by atoms with van der Waals surface area (Å²) >= 11 is 6.21. The molecule has 0 saturated heterocycles. The van der Waals surface area contributed by atoms with Crippen LogP contribution >= 0.6 is 11.6 Å². The molecular weight excluding hydrogens is 428 g/mol. The average Bonchev–Trinajstić information content (AvgIpc) is 3.38. The van der Waals surface area contributed by atoms with Crippen LogP contribution in [0.5, 0.6) is 0 Å². The number of carbonyl (C=O) groups is 3. The molecule has 2 amide bonds. The van der Waals surface area contributed by atoms with Gasteiger partial charge in [0.2, 0.25) is 0 Å². The van der Waals surface area contributed by atoms with E-state index >= 15 is 0 Å². The number of hydrogen-bond acceptors (Lipinski definition) is 5. The fourth-order valence-corrected chi connectivity index (χ4v) is 3.90. The van der Waals surface area contributed by atoms with Gasteiger partial charge < -0.3 is 0 Å². The fourth-order valence-electron chi connectivity index (χ4n) is 3.68. The molecule has 32 heavy (non-hydrogen) atoms. The Bertz CT molecular complexity index is 1360. The van der Waals surface area contributed by atoms with Crippen LogP contribution in [0.1, 0.15) is 36.6 Å². The first-order chi connectivity index (χ1) is 15.5. The SMILES string of the molecule is O=C(c1ccccc1Cl)c1ccccc1-c1cnn(CN2C(=O)c3ccccc3C2=O)n1. The first kappa shape index (κ1) is 19.8. The van der Waals surface area contributed by atoms with Gasteiger partial charge in [-0.15, -0.1) is 0 Å². The summed E-state index contributed by atoms with van der Waals surface area (Å²) in [5.41, 5.74) is 2.55. The van der Waals surface area contributed by atoms with Gasteiger partial charge >= 0.3 is 0 Å². The number of rotatable bonds is 5. The maximum atomic E-state index is 13.1. The van der Waals surface area contributed by atoms with E-state index in [0.29, 0.717) is 38.5 Å². The topological polar surface area (TPSA) is 85.2 Å². The standard InChI is InChI=1S/C24H15ClN4O3/c25-20-12-6-5-11-19(20)22(30)16-8-2-1-7-15(16)21-13-26-29(27-21)14-28-23(31)17-9-3-4-10-18(17)24(28)32/h1-13H,14H2. The van der Waals surface area contributed by atoms with Gasteiger partial charge in [-0.3, -0.25) is 19.3 Å². The van der Waals surface area contributed by atoms with E-state index in [1.165, 1.54) is 11.0 Å². The van der Waals surface area contributed by atoms with Gasteiger partial charge in [-0.05, 0) is 24.3 Å². The molecule has 1 aliphatic heterocycles. The number of hydrogen-bond donors (Lipinski definition) is 0. The molecule has 7 nitrogen and oxygen atoms in total. The van der Waals surface area contributed by atoms with Crippen molar-refractivity contribution in [2.45, 2.75) is 6.67 Å². The van der Waals surface area contributed by atoms with Crippen LogP contribution in [0.3, 0.4) is 0 Å². The van der Waals surface area contributed by atoms with Gasteiger partial charge in [0, 0.05) is 16.7 Å². The van der Waals surface area contributed by atoms with Gasteiger partial charge in [0.25, 0.3) is 11.8 Å². The van der Waals surface area contributed by atoms with Crippen molar-refractivity contribution in [3.8, 4) is 11.3 Å². The van der Waals surface area contributed by atoms with E-state index in [0.717, 1.165) is 4.90 Å². The number of fused-ring (bicyclic) bond motifs is 1. The second kappa shape index (κ2) is 7.86. The van der Waals surface area contributed by atoms with Gasteiger partial charge in [-0.25, -0.2) is 0 Å². The largest absolute Gasteiger partial charge is 0.289 e. The molecule has 4 aromatic rings. The Morgan fingerprint density at radius 2 is 1.34 bits per heavy atom. The van der Waals surface area contributed by atoms with Crippen molar-refractivity contribution in [3.05, 3.63) is 106 Å². The third-order valence-corrected chi connectivity index (χ3v) is 5.58. The Labute approximate surface area is 187 Å². The van der Waals surface area contributed by atoms with Crippen molar-refractivity contribution >= 4 is 29.2 Å². The van der Waals surface area contributed by atoms with Crippen molar-refractivity contribution in [1.29, 1.82) is 0 Å². The summed E-state index contributed by atoms with van der Waals surface area (Å²) in [5.74, 6) is -1.02. The van der Waals surface area contributed by atoms with E-state index in [2.05, 4.69) is 10.2 Å². The Morgan fingerprint density at radius 3 is 2.00 bits per heavy atom. The van der Waals surface area contributed by atoms with Crippen molar-refractivity contribution in [3.63, 3.8) is 0 Å². The smallest absolute Gasteiger partial charge is 0.263 e. The summed E-state index contributed by atoms with van der Waals surface area (Å²) in [6.45, 7) is -0.132. The molecule has 0 spiro atoms. The van der Waals surface area contributed by atoms with Gasteiger partial charge in [-0.2, -0.15) is 15.0 Å². The molecule has 0 radical (unpaired) electrons. The van der Waals surface area contributed by atoms with Crippen LogP contribution in [0.15, 0.2) is 79.0 Å². The van der Waals surface area contributed by atoms with Crippen molar-refractivity contribution in [1.82, 2.24) is 19.9 Å². The maximum Gasteiger partial charge on any atom is 0.263 e. The first-order valence-electron chi connectivity index (χ1n) is 9.78. The van der Waals surface area contributed by atoms with Crippen LogP contribution in [0.25, 0.3) is 11.3 Å². The highest BCUT2D eigenvalue weighted by molar-refractivity contribution is 6.35. The first-order valence-corrected chi connectivity index (χ1v) is 10.2. The van der Waals surface area contributed by atoms with Crippen LogP contribution in [-0.2, 0) is 6.67 Å². The van der Waals surface area contributed by atoms with Crippen LogP contribution in [0, 0.1) is 0 Å². The Kier molecular flexibility index (Phi) is 4.88. The monoisotopic (exact) mass is 442 g/mol. The average molecular weight is 443 g/mol. The Hall–Kier alpha value is -4.10. The molecule has 3 aromatic carbocycles. The van der Waals surface area contributed by atoms with E-state index in [1.54, 1.807) is 72.8 Å². The fraction of sp³-hybridized carbons (Fsp3) is 0.0417. The van der Waals surface area contributed by atoms with Crippen molar-refractivity contribution < 1.29 is 14.4 Å². The molecule has 0 unspecified atom stereocenters. The number of imide groups is 1. The highest BCUT2D eigenvalue weighted by atomic mass is 35.5. The maximum absolute atomic E-state index is 13.1. The van der Waals surface area contributed by atoms with E-state index in [-0.39, 0.29) is 12.5 Å². The number of nitrogens with zero attached hydrogens (tertiary/aromatic N) is 4. The Balaban J connectivity index is 1.44. The third kappa shape index (κ3) is 3.29. The molecule has 1 aromatic heterocycles. The number of carbonyl (C=O) groups excluding carboxylic acids is 3. The van der Waals surface area contributed by atoms with Crippen LogP contribution in [0.2, 0.25) is 5.02 Å². The van der Waals surface area contributed by atoms with Crippen molar-refractivity contribution in [2.75, 3.05) is 0 Å². The predicted molar refractivity (Wildman–Crippen MR) is 117 cm³/mol. The normalized spacial score (nSPS) is 12.8. The van der Waals surface area contributed by atoms with Gasteiger partial charge in [0.1, 0.15) is 12.4 Å².